The molecule has 0 unspecified atom stereocenters. The Morgan fingerprint density at radius 1 is 0.591 bits per heavy atom. The third-order valence-electron chi connectivity index (χ3n) is 11.7. The average Bonchev–Trinajstić information content (AvgIpc) is 3.24. The van der Waals surface area contributed by atoms with E-state index >= 15 is 0 Å². The van der Waals surface area contributed by atoms with Gasteiger partial charge >= 0.3 is 0 Å². The van der Waals surface area contributed by atoms with Crippen LogP contribution in [-0.4, -0.2) is 191 Å². The number of nitrogens with zero attached hydrogens (tertiary/aromatic N) is 5. The van der Waals surface area contributed by atoms with E-state index in [1.807, 2.05) is 34.6 Å². The Morgan fingerprint density at radius 2 is 1.06 bits per heavy atom. The summed E-state index contributed by atoms with van der Waals surface area (Å²) in [6.45, 7) is 25.7. The van der Waals surface area contributed by atoms with Gasteiger partial charge in [0.2, 0.25) is 47.3 Å². The van der Waals surface area contributed by atoms with Gasteiger partial charge in [-0.15, -0.1) is 0 Å². The first-order valence-corrected chi connectivity index (χ1v) is 24.9. The van der Waals surface area contributed by atoms with Crippen molar-refractivity contribution in [3.05, 3.63) is 0 Å². The Balaban J connectivity index is 6.51. The number of hydrogen-bond donors (Lipinski definition) is 5. The summed E-state index contributed by atoms with van der Waals surface area (Å²) in [5.74, 6) is -3.52. The summed E-state index contributed by atoms with van der Waals surface area (Å²) < 4.78 is 0. The Labute approximate surface area is 401 Å². The highest BCUT2D eigenvalue weighted by Gasteiger charge is 2.41. The third kappa shape index (κ3) is 20.5. The van der Waals surface area contributed by atoms with Gasteiger partial charge in [0, 0.05) is 66.1 Å². The molecule has 8 amide bonds. The molecular formula is C47H89N9O9S. The maximum Gasteiger partial charge on any atom is 0.246 e. The van der Waals surface area contributed by atoms with Gasteiger partial charge in [-0.3, -0.25) is 38.4 Å². The summed E-state index contributed by atoms with van der Waals surface area (Å²) in [7, 11) is 7.50. The van der Waals surface area contributed by atoms with Crippen LogP contribution in [0.5, 0.6) is 0 Å². The van der Waals surface area contributed by atoms with E-state index in [2.05, 4.69) is 40.0 Å². The summed E-state index contributed by atoms with van der Waals surface area (Å²) in [5, 5.41) is 21.8. The monoisotopic (exact) mass is 956 g/mol. The van der Waals surface area contributed by atoms with Gasteiger partial charge in [0.25, 0.3) is 0 Å². The van der Waals surface area contributed by atoms with E-state index < -0.39 is 89.3 Å². The van der Waals surface area contributed by atoms with E-state index in [0.717, 1.165) is 25.4 Å². The first kappa shape index (κ1) is 62.0. The van der Waals surface area contributed by atoms with E-state index in [4.69, 9.17) is 0 Å². The van der Waals surface area contributed by atoms with Crippen molar-refractivity contribution >= 4 is 59.0 Å². The van der Waals surface area contributed by atoms with Crippen LogP contribution in [-0.2, 0) is 38.4 Å². The molecule has 0 fully saturated rings. The molecule has 18 nitrogen and oxygen atoms in total. The predicted octanol–water partition coefficient (Wildman–Crippen LogP) is 2.32. The van der Waals surface area contributed by atoms with Crippen LogP contribution in [0.25, 0.3) is 0 Å². The lowest BCUT2D eigenvalue weighted by atomic mass is 9.95. The summed E-state index contributed by atoms with van der Waals surface area (Å²) >= 11 is 1.54. The van der Waals surface area contributed by atoms with Crippen LogP contribution in [0.2, 0.25) is 0 Å². The van der Waals surface area contributed by atoms with Gasteiger partial charge in [0.1, 0.15) is 42.3 Å². The molecule has 0 heterocycles. The molecule has 0 aliphatic rings. The van der Waals surface area contributed by atoms with Gasteiger partial charge in [0.15, 0.2) is 0 Å². The second-order valence-corrected chi connectivity index (χ2v) is 20.5. The van der Waals surface area contributed by atoms with Crippen LogP contribution in [0, 0.1) is 17.8 Å². The number of likely N-dealkylation sites (N-methyl/N-ethyl adjacent to an activating group) is 5. The summed E-state index contributed by atoms with van der Waals surface area (Å²) in [5.41, 5.74) is -1.42. The summed E-state index contributed by atoms with van der Waals surface area (Å²) in [4.78, 5) is 117. The van der Waals surface area contributed by atoms with Gasteiger partial charge < -0.3 is 50.9 Å². The largest absolute Gasteiger partial charge is 0.390 e. The van der Waals surface area contributed by atoms with Crippen LogP contribution in [0.1, 0.15) is 122 Å². The summed E-state index contributed by atoms with van der Waals surface area (Å²) in [6.07, 6.45) is 1.26. The molecule has 0 saturated carbocycles. The first-order valence-electron chi connectivity index (χ1n) is 23.7. The fraction of sp³-hybridized carbons (Fsp3) is 0.830. The van der Waals surface area contributed by atoms with Gasteiger partial charge in [0.05, 0.1) is 5.60 Å². The van der Waals surface area contributed by atoms with E-state index in [0.29, 0.717) is 12.8 Å². The lowest BCUT2D eigenvalue weighted by molar-refractivity contribution is -0.149. The SMILES string of the molecule is CCCC(=O)N(C)[C@@H](CSCCN(CC)CC)C(=O)N(C)[C@@H](CC(C)(C)O)C(=O)N[C@H](C(=O)N(C)[C@H](CC(C)C)C(=O)N[C@@H](C)C(=O)N[C@@H](C)C(=O)N(C)[C@@H](CC(C)C)C(=O)NC)C(C)C. The number of carbonyl (C=O) groups excluding carboxylic acids is 8. The first-order chi connectivity index (χ1) is 30.5. The molecule has 0 aliphatic heterocycles. The molecule has 0 aromatic carbocycles. The molecule has 382 valence electrons. The Kier molecular flexibility index (Phi) is 27.9. The number of nitrogens with one attached hydrogen (secondary N) is 4. The molecule has 0 aliphatic carbocycles. The minimum atomic E-state index is -1.42. The van der Waals surface area contributed by atoms with Crippen LogP contribution in [0.3, 0.4) is 0 Å². The van der Waals surface area contributed by atoms with Crippen molar-refractivity contribution in [2.45, 2.75) is 170 Å². The van der Waals surface area contributed by atoms with E-state index in [-0.39, 0.29) is 48.7 Å². The van der Waals surface area contributed by atoms with Crippen LogP contribution in [0.4, 0.5) is 0 Å². The van der Waals surface area contributed by atoms with Crippen molar-refractivity contribution < 1.29 is 43.5 Å². The highest BCUT2D eigenvalue weighted by atomic mass is 32.2. The third-order valence-corrected chi connectivity index (χ3v) is 12.7. The maximum atomic E-state index is 14.4. The van der Waals surface area contributed by atoms with Crippen molar-refractivity contribution in [1.29, 1.82) is 0 Å². The molecule has 0 spiro atoms. The van der Waals surface area contributed by atoms with Crippen molar-refractivity contribution in [1.82, 2.24) is 45.8 Å². The molecule has 0 radical (unpaired) electrons. The van der Waals surface area contributed by atoms with Gasteiger partial charge in [-0.2, -0.15) is 11.8 Å². The molecule has 0 rings (SSSR count). The van der Waals surface area contributed by atoms with Crippen molar-refractivity contribution in [2.24, 2.45) is 17.8 Å². The highest BCUT2D eigenvalue weighted by Crippen LogP contribution is 2.21. The number of amides is 8. The zero-order valence-corrected chi connectivity index (χ0v) is 44.5. The quantitative estimate of drug-likeness (QED) is 0.0658. The zero-order valence-electron chi connectivity index (χ0n) is 43.7. The molecule has 5 N–H and O–H groups in total. The summed E-state index contributed by atoms with van der Waals surface area (Å²) in [6, 6.07) is -7.30. The Morgan fingerprint density at radius 3 is 1.52 bits per heavy atom. The van der Waals surface area contributed by atoms with Crippen molar-refractivity contribution in [3.8, 4) is 0 Å². The number of rotatable bonds is 30. The lowest BCUT2D eigenvalue weighted by Crippen LogP contribution is -2.61. The fourth-order valence-corrected chi connectivity index (χ4v) is 8.56. The number of carbonyl (C=O) groups is 8. The molecule has 0 aromatic heterocycles. The van der Waals surface area contributed by atoms with Crippen LogP contribution in [0.15, 0.2) is 0 Å². The highest BCUT2D eigenvalue weighted by molar-refractivity contribution is 7.99. The van der Waals surface area contributed by atoms with Crippen LogP contribution >= 0.6 is 11.8 Å². The molecule has 7 atom stereocenters. The standard InChI is InChI=1S/C47H89N9O9S/c1-19-22-38(57)52(15)37(28-66-24-23-56(20-2)21-3)45(63)55(18)36(27-47(12,13)65)43(61)51-39(31(8)9)46(64)54(17)35(26-30(6)7)42(60)49-32(10)40(58)50-33(11)44(62)53(16)34(25-29(4)5)41(59)48-14/h29-37,39,65H,19-28H2,1-18H3,(H,48,59)(H,49,60)(H,50,58)(H,51,61)/t32-,33-,34-,35+,36-,37-,39-/m0/s1. The number of aliphatic hydroxyl groups is 1. The second kappa shape index (κ2) is 29.7. The van der Waals surface area contributed by atoms with Gasteiger partial charge in [-0.05, 0) is 77.8 Å². The maximum absolute atomic E-state index is 14.4. The number of thioether (sulfide) groups is 1. The van der Waals surface area contributed by atoms with E-state index in [1.165, 1.54) is 75.5 Å². The van der Waals surface area contributed by atoms with E-state index in [9.17, 15) is 43.5 Å². The Hall–Kier alpha value is -3.97. The predicted molar refractivity (Wildman–Crippen MR) is 262 cm³/mol. The fourth-order valence-electron chi connectivity index (χ4n) is 7.42. The molecule has 19 heteroatoms. The molecule has 66 heavy (non-hydrogen) atoms. The average molecular weight is 956 g/mol. The zero-order chi connectivity index (χ0) is 51.4. The van der Waals surface area contributed by atoms with Gasteiger partial charge in [-0.25, -0.2) is 0 Å². The van der Waals surface area contributed by atoms with Crippen LogP contribution < -0.4 is 21.3 Å². The normalized spacial score (nSPS) is 15.0. The van der Waals surface area contributed by atoms with Crippen molar-refractivity contribution in [2.75, 3.05) is 66.4 Å². The molecule has 0 bridgehead atoms. The van der Waals surface area contributed by atoms with Gasteiger partial charge in [-0.1, -0.05) is 62.3 Å². The number of hydrogen-bond acceptors (Lipinski definition) is 11. The Bertz CT molecular complexity index is 1590. The lowest BCUT2D eigenvalue weighted by Gasteiger charge is -2.38. The molecular weight excluding hydrogens is 867 g/mol. The molecule has 0 saturated heterocycles. The smallest absolute Gasteiger partial charge is 0.246 e. The molecule has 0 aromatic rings. The second-order valence-electron chi connectivity index (χ2n) is 19.3. The van der Waals surface area contributed by atoms with E-state index in [1.54, 1.807) is 32.7 Å². The topological polar surface area (TPSA) is 221 Å². The minimum absolute atomic E-state index is 0.0824. The minimum Gasteiger partial charge on any atom is -0.390 e. The van der Waals surface area contributed by atoms with Crippen molar-refractivity contribution in [3.63, 3.8) is 0 Å².